The number of rotatable bonds is 10. The molecule has 3 aromatic rings. The lowest BCUT2D eigenvalue weighted by molar-refractivity contribution is -0.133. The predicted molar refractivity (Wildman–Crippen MR) is 118 cm³/mol. The third-order valence-corrected chi connectivity index (χ3v) is 5.74. The molecule has 7 heteroatoms. The van der Waals surface area contributed by atoms with Crippen molar-refractivity contribution in [3.8, 4) is 0 Å². The van der Waals surface area contributed by atoms with Gasteiger partial charge in [-0.3, -0.25) is 9.59 Å². The van der Waals surface area contributed by atoms with Crippen LogP contribution in [0.3, 0.4) is 0 Å². The first-order valence-electron chi connectivity index (χ1n) is 9.82. The van der Waals surface area contributed by atoms with Crippen LogP contribution < -0.4 is 0 Å². The Morgan fingerprint density at radius 3 is 2.43 bits per heavy atom. The van der Waals surface area contributed by atoms with Gasteiger partial charge in [-0.25, -0.2) is 0 Å². The van der Waals surface area contributed by atoms with Crippen LogP contribution in [0.2, 0.25) is 0 Å². The second kappa shape index (κ2) is 10.8. The molecule has 0 atom stereocenters. The molecule has 0 aliphatic carbocycles. The van der Waals surface area contributed by atoms with E-state index in [2.05, 4.69) is 0 Å². The van der Waals surface area contributed by atoms with Crippen LogP contribution in [0.25, 0.3) is 0 Å². The quantitative estimate of drug-likeness (QED) is 0.500. The van der Waals surface area contributed by atoms with Crippen LogP contribution >= 0.6 is 11.3 Å². The Morgan fingerprint density at radius 1 is 1.00 bits per heavy atom. The smallest absolute Gasteiger partial charge is 0.264 e. The maximum atomic E-state index is 13.3. The molecule has 0 saturated carbocycles. The van der Waals surface area contributed by atoms with E-state index in [-0.39, 0.29) is 18.4 Å². The molecule has 0 unspecified atom stereocenters. The first kappa shape index (κ1) is 21.8. The average Bonchev–Trinajstić information content (AvgIpc) is 3.43. The number of thiophene rings is 1. The zero-order valence-electron chi connectivity index (χ0n) is 17.4. The SMILES string of the molecule is COCCN(CC(=O)N(Cc1ccccc1)Cc1cccn1C)C(=O)c1cccs1. The van der Waals surface area contributed by atoms with Crippen molar-refractivity contribution in [2.75, 3.05) is 26.8 Å². The molecule has 0 aliphatic heterocycles. The minimum Gasteiger partial charge on any atom is -0.383 e. The Hall–Kier alpha value is -2.90. The molecule has 6 nitrogen and oxygen atoms in total. The highest BCUT2D eigenvalue weighted by Crippen LogP contribution is 2.15. The summed E-state index contributed by atoms with van der Waals surface area (Å²) >= 11 is 1.38. The summed E-state index contributed by atoms with van der Waals surface area (Å²) in [5, 5.41) is 1.86. The molecule has 1 aromatic carbocycles. The standard InChI is InChI=1S/C23H27N3O3S/c1-24-12-6-10-20(24)17-26(16-19-8-4-3-5-9-19)22(27)18-25(13-14-29-2)23(28)21-11-7-15-30-21/h3-12,15H,13-14,16-18H2,1-2H3. The van der Waals surface area contributed by atoms with Gasteiger partial charge in [-0.15, -0.1) is 11.3 Å². The maximum absolute atomic E-state index is 13.3. The molecule has 3 rings (SSSR count). The third kappa shape index (κ3) is 5.81. The highest BCUT2D eigenvalue weighted by molar-refractivity contribution is 7.12. The van der Waals surface area contributed by atoms with E-state index in [4.69, 9.17) is 4.74 Å². The van der Waals surface area contributed by atoms with Gasteiger partial charge in [0.15, 0.2) is 0 Å². The van der Waals surface area contributed by atoms with Crippen LogP contribution in [-0.2, 0) is 29.7 Å². The summed E-state index contributed by atoms with van der Waals surface area (Å²) in [4.78, 5) is 30.2. The predicted octanol–water partition coefficient (Wildman–Crippen LogP) is 3.40. The normalized spacial score (nSPS) is 10.7. The minimum atomic E-state index is -0.145. The molecular weight excluding hydrogens is 398 g/mol. The van der Waals surface area contributed by atoms with Crippen LogP contribution in [0.5, 0.6) is 0 Å². The molecule has 2 aromatic heterocycles. The molecule has 0 radical (unpaired) electrons. The van der Waals surface area contributed by atoms with E-state index in [0.717, 1.165) is 11.3 Å². The van der Waals surface area contributed by atoms with Crippen LogP contribution in [-0.4, -0.2) is 53.0 Å². The molecule has 158 valence electrons. The minimum absolute atomic E-state index is 0.0113. The van der Waals surface area contributed by atoms with E-state index in [9.17, 15) is 9.59 Å². The van der Waals surface area contributed by atoms with E-state index < -0.39 is 0 Å². The van der Waals surface area contributed by atoms with Crippen LogP contribution in [0.1, 0.15) is 20.9 Å². The fraction of sp³-hybridized carbons (Fsp3) is 0.304. The first-order chi connectivity index (χ1) is 14.6. The van der Waals surface area contributed by atoms with Gasteiger partial charge in [0, 0.05) is 39.1 Å². The van der Waals surface area contributed by atoms with Crippen LogP contribution in [0.15, 0.2) is 66.2 Å². The number of aromatic nitrogens is 1. The number of benzene rings is 1. The van der Waals surface area contributed by atoms with Crippen molar-refractivity contribution in [2.45, 2.75) is 13.1 Å². The van der Waals surface area contributed by atoms with E-state index in [1.807, 2.05) is 71.7 Å². The zero-order valence-corrected chi connectivity index (χ0v) is 18.2. The summed E-state index contributed by atoms with van der Waals surface area (Å²) in [5.41, 5.74) is 2.08. The average molecular weight is 426 g/mol. The van der Waals surface area contributed by atoms with Gasteiger partial charge >= 0.3 is 0 Å². The van der Waals surface area contributed by atoms with Gasteiger partial charge < -0.3 is 19.1 Å². The number of ether oxygens (including phenoxy) is 1. The van der Waals surface area contributed by atoms with Crippen molar-refractivity contribution in [3.05, 3.63) is 82.3 Å². The van der Waals surface area contributed by atoms with Crippen LogP contribution in [0.4, 0.5) is 0 Å². The summed E-state index contributed by atoms with van der Waals surface area (Å²) in [7, 11) is 3.55. The highest BCUT2D eigenvalue weighted by atomic mass is 32.1. The molecule has 0 fully saturated rings. The summed E-state index contributed by atoms with van der Waals surface area (Å²) in [5.74, 6) is -0.241. The van der Waals surface area contributed by atoms with Crippen molar-refractivity contribution in [1.29, 1.82) is 0 Å². The monoisotopic (exact) mass is 425 g/mol. The summed E-state index contributed by atoms with van der Waals surface area (Å²) in [6.45, 7) is 1.71. The fourth-order valence-electron chi connectivity index (χ4n) is 3.17. The van der Waals surface area contributed by atoms with E-state index in [1.165, 1.54) is 11.3 Å². The molecule has 0 saturated heterocycles. The number of nitrogens with zero attached hydrogens (tertiary/aromatic N) is 3. The van der Waals surface area contributed by atoms with E-state index >= 15 is 0 Å². The zero-order chi connectivity index (χ0) is 21.3. The largest absolute Gasteiger partial charge is 0.383 e. The Kier molecular flexibility index (Phi) is 7.82. The lowest BCUT2D eigenvalue weighted by Crippen LogP contribution is -2.43. The third-order valence-electron chi connectivity index (χ3n) is 4.88. The number of hydrogen-bond donors (Lipinski definition) is 0. The fourth-order valence-corrected chi connectivity index (χ4v) is 3.86. The molecular formula is C23H27N3O3S. The van der Waals surface area contributed by atoms with E-state index in [0.29, 0.717) is 31.1 Å². The number of carbonyl (C=O) groups excluding carboxylic acids is 2. The number of aryl methyl sites for hydroxylation is 1. The summed E-state index contributed by atoms with van der Waals surface area (Å²) < 4.78 is 7.16. The van der Waals surface area contributed by atoms with Gasteiger partial charge in [-0.2, -0.15) is 0 Å². The molecule has 2 amide bonds. The number of methoxy groups -OCH3 is 1. The van der Waals surface area contributed by atoms with Gasteiger partial charge in [0.25, 0.3) is 5.91 Å². The number of hydrogen-bond acceptors (Lipinski definition) is 4. The topological polar surface area (TPSA) is 54.8 Å². The van der Waals surface area contributed by atoms with Gasteiger partial charge in [0.2, 0.25) is 5.91 Å². The van der Waals surface area contributed by atoms with Crippen LogP contribution in [0, 0.1) is 0 Å². The Balaban J connectivity index is 1.78. The molecule has 0 N–H and O–H groups in total. The number of carbonyl (C=O) groups is 2. The van der Waals surface area contributed by atoms with Crippen molar-refractivity contribution in [1.82, 2.24) is 14.4 Å². The second-order valence-corrected chi connectivity index (χ2v) is 7.99. The molecule has 0 spiro atoms. The Labute approximate surface area is 181 Å². The Bertz CT molecular complexity index is 938. The molecule has 0 aliphatic rings. The van der Waals surface area contributed by atoms with Crippen molar-refractivity contribution >= 4 is 23.2 Å². The molecule has 2 heterocycles. The lowest BCUT2D eigenvalue weighted by Gasteiger charge is -2.28. The van der Waals surface area contributed by atoms with E-state index in [1.54, 1.807) is 23.0 Å². The number of amides is 2. The highest BCUT2D eigenvalue weighted by Gasteiger charge is 2.23. The first-order valence-corrected chi connectivity index (χ1v) is 10.7. The second-order valence-electron chi connectivity index (χ2n) is 7.04. The van der Waals surface area contributed by atoms with Crippen molar-refractivity contribution in [2.24, 2.45) is 7.05 Å². The summed E-state index contributed by atoms with van der Waals surface area (Å²) in [6.07, 6.45) is 1.96. The van der Waals surface area contributed by atoms with Gasteiger partial charge in [0.1, 0.15) is 6.54 Å². The maximum Gasteiger partial charge on any atom is 0.264 e. The van der Waals surface area contributed by atoms with Crippen molar-refractivity contribution < 1.29 is 14.3 Å². The van der Waals surface area contributed by atoms with Crippen molar-refractivity contribution in [3.63, 3.8) is 0 Å². The lowest BCUT2D eigenvalue weighted by atomic mass is 10.2. The Morgan fingerprint density at radius 2 is 1.80 bits per heavy atom. The summed E-state index contributed by atoms with van der Waals surface area (Å²) in [6, 6.07) is 17.5. The van der Waals surface area contributed by atoms with Gasteiger partial charge in [-0.1, -0.05) is 36.4 Å². The van der Waals surface area contributed by atoms with Gasteiger partial charge in [-0.05, 0) is 29.1 Å². The molecule has 30 heavy (non-hydrogen) atoms. The van der Waals surface area contributed by atoms with Gasteiger partial charge in [0.05, 0.1) is 18.0 Å². The molecule has 0 bridgehead atoms.